The Hall–Kier alpha value is -3.49. The standard InChI is InChI=1S/C24H24F2N2O5/c25-17-9-8-14(12-18(17)26)13-33-24(32)28-19-6-2-1-4-15(19)23(16-5-3-7-20(16)28)27-21(29)10-11-22(30)31/h1-2,4,6,8-9,12,16,20,23H,3,5,7,10-11,13H2,(H,27,29)(H,30,31). The quantitative estimate of drug-likeness (QED) is 0.673. The lowest BCUT2D eigenvalue weighted by Gasteiger charge is -2.43. The van der Waals surface area contributed by atoms with Crippen molar-refractivity contribution in [3.63, 3.8) is 0 Å². The largest absolute Gasteiger partial charge is 0.481 e. The van der Waals surface area contributed by atoms with Gasteiger partial charge < -0.3 is 15.2 Å². The van der Waals surface area contributed by atoms with Crippen molar-refractivity contribution < 1.29 is 33.0 Å². The Bertz CT molecular complexity index is 1080. The Morgan fingerprint density at radius 2 is 1.85 bits per heavy atom. The van der Waals surface area contributed by atoms with Crippen LogP contribution in [-0.4, -0.2) is 29.1 Å². The maximum Gasteiger partial charge on any atom is 0.414 e. The van der Waals surface area contributed by atoms with Gasteiger partial charge in [0.15, 0.2) is 11.6 Å². The monoisotopic (exact) mass is 458 g/mol. The van der Waals surface area contributed by atoms with Crippen molar-refractivity contribution in [3.8, 4) is 0 Å². The fraction of sp³-hybridized carbons (Fsp3) is 0.375. The summed E-state index contributed by atoms with van der Waals surface area (Å²) in [4.78, 5) is 37.9. The SMILES string of the molecule is O=C(O)CCC(=O)NC1c2ccccc2N(C(=O)OCc2ccc(F)c(F)c2)C2CCCC12. The topological polar surface area (TPSA) is 95.9 Å². The van der Waals surface area contributed by atoms with Gasteiger partial charge in [-0.3, -0.25) is 14.5 Å². The molecule has 0 bridgehead atoms. The highest BCUT2D eigenvalue weighted by molar-refractivity contribution is 5.91. The van der Waals surface area contributed by atoms with Gasteiger partial charge in [-0.05, 0) is 42.2 Å². The van der Waals surface area contributed by atoms with Crippen molar-refractivity contribution in [1.82, 2.24) is 5.32 Å². The molecule has 7 nitrogen and oxygen atoms in total. The third kappa shape index (κ3) is 4.81. The summed E-state index contributed by atoms with van der Waals surface area (Å²) in [6.45, 7) is -0.207. The normalized spacial score (nSPS) is 21.2. The van der Waals surface area contributed by atoms with Crippen LogP contribution in [0.2, 0.25) is 0 Å². The molecule has 174 valence electrons. The number of para-hydroxylation sites is 1. The van der Waals surface area contributed by atoms with Crippen LogP contribution < -0.4 is 10.2 Å². The lowest BCUT2D eigenvalue weighted by molar-refractivity contribution is -0.139. The first-order chi connectivity index (χ1) is 15.8. The Morgan fingerprint density at radius 1 is 1.06 bits per heavy atom. The summed E-state index contributed by atoms with van der Waals surface area (Å²) in [5.41, 5.74) is 1.70. The van der Waals surface area contributed by atoms with Crippen molar-refractivity contribution >= 4 is 23.7 Å². The summed E-state index contributed by atoms with van der Waals surface area (Å²) < 4.78 is 32.1. The summed E-state index contributed by atoms with van der Waals surface area (Å²) in [6, 6.07) is 10.0. The van der Waals surface area contributed by atoms with Gasteiger partial charge >= 0.3 is 12.1 Å². The molecule has 4 rings (SSSR count). The molecule has 3 atom stereocenters. The lowest BCUT2D eigenvalue weighted by atomic mass is 9.83. The minimum atomic E-state index is -1.04. The van der Waals surface area contributed by atoms with Crippen LogP contribution in [0.4, 0.5) is 19.3 Å². The smallest absolute Gasteiger partial charge is 0.414 e. The summed E-state index contributed by atoms with van der Waals surface area (Å²) in [5, 5.41) is 11.8. The number of nitrogens with zero attached hydrogens (tertiary/aromatic N) is 1. The number of halogens is 2. The number of carbonyl (C=O) groups excluding carboxylic acids is 2. The van der Waals surface area contributed by atoms with Crippen molar-refractivity contribution in [3.05, 3.63) is 65.2 Å². The van der Waals surface area contributed by atoms with E-state index < -0.39 is 23.7 Å². The second-order valence-corrected chi connectivity index (χ2v) is 8.33. The molecule has 0 radical (unpaired) electrons. The third-order valence-electron chi connectivity index (χ3n) is 6.25. The first kappa shape index (κ1) is 22.7. The zero-order valence-electron chi connectivity index (χ0n) is 17.8. The summed E-state index contributed by atoms with van der Waals surface area (Å²) in [6.07, 6.45) is 1.40. The highest BCUT2D eigenvalue weighted by Gasteiger charge is 2.46. The summed E-state index contributed by atoms with van der Waals surface area (Å²) in [5.74, 6) is -3.42. The van der Waals surface area contributed by atoms with Crippen LogP contribution in [-0.2, 0) is 20.9 Å². The van der Waals surface area contributed by atoms with Gasteiger partial charge in [0.05, 0.1) is 18.2 Å². The number of nitrogens with one attached hydrogen (secondary N) is 1. The van der Waals surface area contributed by atoms with E-state index >= 15 is 0 Å². The second-order valence-electron chi connectivity index (χ2n) is 8.33. The van der Waals surface area contributed by atoms with Crippen molar-refractivity contribution in [2.45, 2.75) is 50.8 Å². The molecule has 1 fully saturated rings. The van der Waals surface area contributed by atoms with E-state index in [1.54, 1.807) is 17.0 Å². The molecule has 1 aliphatic heterocycles. The molecule has 1 aliphatic carbocycles. The number of anilines is 1. The van der Waals surface area contributed by atoms with E-state index in [2.05, 4.69) is 5.32 Å². The number of hydrogen-bond donors (Lipinski definition) is 2. The average molecular weight is 458 g/mol. The van der Waals surface area contributed by atoms with E-state index in [1.165, 1.54) is 6.07 Å². The fourth-order valence-electron chi connectivity index (χ4n) is 4.79. The molecule has 1 saturated carbocycles. The minimum absolute atomic E-state index is 0.0514. The maximum atomic E-state index is 13.5. The summed E-state index contributed by atoms with van der Waals surface area (Å²) >= 11 is 0. The number of ether oxygens (including phenoxy) is 1. The van der Waals surface area contributed by atoms with Gasteiger partial charge in [-0.2, -0.15) is 0 Å². The van der Waals surface area contributed by atoms with E-state index in [-0.39, 0.29) is 43.4 Å². The zero-order chi connectivity index (χ0) is 23.5. The first-order valence-corrected chi connectivity index (χ1v) is 10.8. The molecule has 2 amide bonds. The highest BCUT2D eigenvalue weighted by atomic mass is 19.2. The van der Waals surface area contributed by atoms with Crippen LogP contribution in [0.25, 0.3) is 0 Å². The number of amides is 2. The van der Waals surface area contributed by atoms with Gasteiger partial charge in [-0.25, -0.2) is 13.6 Å². The zero-order valence-corrected chi connectivity index (χ0v) is 17.8. The van der Waals surface area contributed by atoms with Gasteiger partial charge in [-0.15, -0.1) is 0 Å². The van der Waals surface area contributed by atoms with Crippen LogP contribution in [0.5, 0.6) is 0 Å². The number of fused-ring (bicyclic) bond motifs is 2. The Balaban J connectivity index is 1.55. The van der Waals surface area contributed by atoms with Gasteiger partial charge in [0.2, 0.25) is 5.91 Å². The molecule has 2 N–H and O–H groups in total. The number of benzene rings is 2. The Labute approximate surface area is 189 Å². The maximum absolute atomic E-state index is 13.5. The predicted octanol–water partition coefficient (Wildman–Crippen LogP) is 4.31. The van der Waals surface area contributed by atoms with Crippen LogP contribution >= 0.6 is 0 Å². The van der Waals surface area contributed by atoms with E-state index in [4.69, 9.17) is 9.84 Å². The molecule has 0 saturated heterocycles. The van der Waals surface area contributed by atoms with Gasteiger partial charge in [0.1, 0.15) is 6.61 Å². The highest BCUT2D eigenvalue weighted by Crippen LogP contribution is 2.48. The molecule has 3 unspecified atom stereocenters. The number of hydrogen-bond acceptors (Lipinski definition) is 4. The summed E-state index contributed by atoms with van der Waals surface area (Å²) in [7, 11) is 0. The van der Waals surface area contributed by atoms with Gasteiger partial charge in [-0.1, -0.05) is 30.7 Å². The number of carboxylic acids is 1. The molecule has 9 heteroatoms. The molecular weight excluding hydrogens is 434 g/mol. The second kappa shape index (κ2) is 9.56. The van der Waals surface area contributed by atoms with Crippen molar-refractivity contribution in [2.75, 3.05) is 4.90 Å². The number of carbonyl (C=O) groups is 3. The molecule has 0 spiro atoms. The van der Waals surface area contributed by atoms with Crippen LogP contribution in [0.3, 0.4) is 0 Å². The number of aliphatic carboxylic acids is 1. The van der Waals surface area contributed by atoms with Gasteiger partial charge in [0, 0.05) is 18.4 Å². The lowest BCUT2D eigenvalue weighted by Crippen LogP contribution is -2.51. The predicted molar refractivity (Wildman–Crippen MR) is 114 cm³/mol. The number of rotatable bonds is 6. The molecule has 0 aromatic heterocycles. The molecule has 2 aliphatic rings. The number of carboxylic acid groups (broad SMARTS) is 1. The van der Waals surface area contributed by atoms with Crippen molar-refractivity contribution in [1.29, 1.82) is 0 Å². The Kier molecular flexibility index (Phi) is 6.57. The van der Waals surface area contributed by atoms with Crippen LogP contribution in [0.1, 0.15) is 49.3 Å². The molecule has 2 aromatic rings. The minimum Gasteiger partial charge on any atom is -0.481 e. The molecule has 1 heterocycles. The van der Waals surface area contributed by atoms with Gasteiger partial charge in [0.25, 0.3) is 0 Å². The molecular formula is C24H24F2N2O5. The first-order valence-electron chi connectivity index (χ1n) is 10.8. The van der Waals surface area contributed by atoms with Crippen molar-refractivity contribution in [2.24, 2.45) is 5.92 Å². The van der Waals surface area contributed by atoms with E-state index in [1.807, 2.05) is 12.1 Å². The molecule has 2 aromatic carbocycles. The van der Waals surface area contributed by atoms with E-state index in [0.29, 0.717) is 11.3 Å². The van der Waals surface area contributed by atoms with Crippen LogP contribution in [0.15, 0.2) is 42.5 Å². The van der Waals surface area contributed by atoms with E-state index in [0.717, 1.165) is 37.0 Å². The third-order valence-corrected chi connectivity index (χ3v) is 6.25. The Morgan fingerprint density at radius 3 is 2.61 bits per heavy atom. The average Bonchev–Trinajstić information content (AvgIpc) is 3.27. The van der Waals surface area contributed by atoms with Crippen LogP contribution in [0, 0.1) is 17.6 Å². The molecule has 33 heavy (non-hydrogen) atoms. The van der Waals surface area contributed by atoms with E-state index in [9.17, 15) is 23.2 Å². The fourth-order valence-corrected chi connectivity index (χ4v) is 4.79.